The molecule has 15 heteroatoms. The number of anilines is 1. The number of nitrogens with two attached hydrogens (primary N) is 2. The summed E-state index contributed by atoms with van der Waals surface area (Å²) in [5.41, 5.74) is 8.01. The van der Waals surface area contributed by atoms with Gasteiger partial charge in [-0.2, -0.15) is 13.2 Å². The van der Waals surface area contributed by atoms with Crippen LogP contribution in [0.4, 0.5) is 18.9 Å². The van der Waals surface area contributed by atoms with Crippen molar-refractivity contribution in [3.8, 4) is 0 Å². The zero-order chi connectivity index (χ0) is 26.9. The minimum atomic E-state index is -4.64. The van der Waals surface area contributed by atoms with Crippen LogP contribution < -0.4 is 27.1 Å². The Morgan fingerprint density at radius 1 is 1.19 bits per heavy atom. The SMILES string of the molecule is NC(N)=NCCCC(C=O)NC(=O)Cn1cccc(NS(=O)(=O)Cc2cccc(C(F)(F)F)c2)c1=O. The second-order valence-electron chi connectivity index (χ2n) is 7.67. The van der Waals surface area contributed by atoms with Crippen molar-refractivity contribution in [2.75, 3.05) is 11.3 Å². The second-order valence-corrected chi connectivity index (χ2v) is 9.40. The van der Waals surface area contributed by atoms with Gasteiger partial charge in [0, 0.05) is 12.7 Å². The lowest BCUT2D eigenvalue weighted by atomic mass is 10.1. The van der Waals surface area contributed by atoms with Crippen molar-refractivity contribution in [1.82, 2.24) is 9.88 Å². The number of aliphatic imine (C=N–C) groups is 1. The summed E-state index contributed by atoms with van der Waals surface area (Å²) in [5, 5.41) is 2.44. The molecule has 2 rings (SSSR count). The number of rotatable bonds is 12. The topological polar surface area (TPSA) is 179 Å². The highest BCUT2D eigenvalue weighted by molar-refractivity contribution is 7.91. The third-order valence-electron chi connectivity index (χ3n) is 4.69. The van der Waals surface area contributed by atoms with E-state index in [1.54, 1.807) is 0 Å². The number of hydrogen-bond acceptors (Lipinski definition) is 6. The van der Waals surface area contributed by atoms with Crippen molar-refractivity contribution in [2.24, 2.45) is 16.5 Å². The van der Waals surface area contributed by atoms with E-state index in [4.69, 9.17) is 11.5 Å². The first-order chi connectivity index (χ1) is 16.8. The molecule has 1 amide bonds. The summed E-state index contributed by atoms with van der Waals surface area (Å²) in [5.74, 6) is -1.60. The molecule has 0 saturated heterocycles. The van der Waals surface area contributed by atoms with Gasteiger partial charge in [0.1, 0.15) is 18.5 Å². The molecule has 0 saturated carbocycles. The summed E-state index contributed by atoms with van der Waals surface area (Å²) in [6.07, 6.45) is -2.23. The number of nitrogens with one attached hydrogen (secondary N) is 2. The molecular weight excluding hydrogens is 505 g/mol. The van der Waals surface area contributed by atoms with Gasteiger partial charge in [-0.25, -0.2) is 8.42 Å². The molecule has 0 aliphatic heterocycles. The van der Waals surface area contributed by atoms with Crippen LogP contribution in [0.2, 0.25) is 0 Å². The fraction of sp³-hybridized carbons (Fsp3) is 0.333. The highest BCUT2D eigenvalue weighted by atomic mass is 32.2. The normalized spacial score (nSPS) is 12.4. The number of benzene rings is 1. The van der Waals surface area contributed by atoms with Crippen LogP contribution in [0.1, 0.15) is 24.0 Å². The molecule has 2 aromatic rings. The Labute approximate surface area is 204 Å². The first-order valence-electron chi connectivity index (χ1n) is 10.5. The highest BCUT2D eigenvalue weighted by Gasteiger charge is 2.30. The number of carbonyl (C=O) groups excluding carboxylic acids is 2. The van der Waals surface area contributed by atoms with Crippen LogP contribution in [0.25, 0.3) is 0 Å². The smallest absolute Gasteiger partial charge is 0.370 e. The molecule has 0 fully saturated rings. The molecule has 0 spiro atoms. The Balaban J connectivity index is 2.06. The summed E-state index contributed by atoms with van der Waals surface area (Å²) < 4.78 is 66.6. The zero-order valence-electron chi connectivity index (χ0n) is 18.9. The van der Waals surface area contributed by atoms with Gasteiger partial charge in [0.25, 0.3) is 5.56 Å². The van der Waals surface area contributed by atoms with Crippen LogP contribution in [0.3, 0.4) is 0 Å². The van der Waals surface area contributed by atoms with Gasteiger partial charge in [-0.3, -0.25) is 19.3 Å². The maximum atomic E-state index is 12.9. The number of amides is 1. The fourth-order valence-electron chi connectivity index (χ4n) is 3.10. The maximum Gasteiger partial charge on any atom is 0.416 e. The second kappa shape index (κ2) is 12.2. The number of aromatic nitrogens is 1. The van der Waals surface area contributed by atoms with Crippen LogP contribution in [-0.2, 0) is 38.1 Å². The van der Waals surface area contributed by atoms with E-state index in [0.717, 1.165) is 22.8 Å². The van der Waals surface area contributed by atoms with Gasteiger partial charge in [0.15, 0.2) is 5.96 Å². The van der Waals surface area contributed by atoms with Crippen LogP contribution >= 0.6 is 0 Å². The standard InChI is InChI=1S/C21H25F3N6O5S/c22-21(23,24)15-5-1-4-14(10-15)13-36(34,35)29-17-7-3-9-30(19(17)33)11-18(32)28-16(12-31)6-2-8-27-20(25)26/h1,3-5,7,9-10,12,16,29H,2,6,8,11,13H2,(H,28,32)(H4,25,26,27). The molecule has 0 aliphatic carbocycles. The number of halogens is 3. The quantitative estimate of drug-likeness (QED) is 0.134. The van der Waals surface area contributed by atoms with Crippen molar-refractivity contribution in [3.63, 3.8) is 0 Å². The lowest BCUT2D eigenvalue weighted by Gasteiger charge is -2.14. The Morgan fingerprint density at radius 3 is 2.56 bits per heavy atom. The van der Waals surface area contributed by atoms with Gasteiger partial charge >= 0.3 is 6.18 Å². The molecule has 1 heterocycles. The van der Waals surface area contributed by atoms with Gasteiger partial charge in [0.05, 0.1) is 17.4 Å². The zero-order valence-corrected chi connectivity index (χ0v) is 19.7. The monoisotopic (exact) mass is 530 g/mol. The van der Waals surface area contributed by atoms with Crippen LogP contribution in [0.5, 0.6) is 0 Å². The van der Waals surface area contributed by atoms with E-state index >= 15 is 0 Å². The lowest BCUT2D eigenvalue weighted by Crippen LogP contribution is -2.40. The van der Waals surface area contributed by atoms with E-state index < -0.39 is 57.3 Å². The number of aldehydes is 1. The molecule has 1 unspecified atom stereocenters. The Kier molecular flexibility index (Phi) is 9.60. The number of hydrogen-bond donors (Lipinski definition) is 4. The van der Waals surface area contributed by atoms with Crippen molar-refractivity contribution in [1.29, 1.82) is 0 Å². The minimum Gasteiger partial charge on any atom is -0.370 e. The van der Waals surface area contributed by atoms with E-state index in [2.05, 4.69) is 10.3 Å². The Hall–Kier alpha value is -3.88. The van der Waals surface area contributed by atoms with Crippen molar-refractivity contribution in [3.05, 3.63) is 64.1 Å². The molecule has 0 aliphatic rings. The lowest BCUT2D eigenvalue weighted by molar-refractivity contribution is -0.137. The Morgan fingerprint density at radius 2 is 1.92 bits per heavy atom. The molecule has 1 aromatic heterocycles. The Bertz CT molecular complexity index is 1270. The van der Waals surface area contributed by atoms with Gasteiger partial charge in [-0.05, 0) is 36.6 Å². The molecule has 1 aromatic carbocycles. The molecule has 6 N–H and O–H groups in total. The molecule has 36 heavy (non-hydrogen) atoms. The third-order valence-corrected chi connectivity index (χ3v) is 5.93. The number of guanidine groups is 1. The predicted octanol–water partition coefficient (Wildman–Crippen LogP) is 0.546. The van der Waals surface area contributed by atoms with E-state index in [-0.39, 0.29) is 24.5 Å². The molecule has 196 valence electrons. The average molecular weight is 531 g/mol. The summed E-state index contributed by atoms with van der Waals surface area (Å²) in [6, 6.07) is 5.41. The number of pyridine rings is 1. The van der Waals surface area contributed by atoms with Crippen molar-refractivity contribution < 1.29 is 31.2 Å². The summed E-state index contributed by atoms with van der Waals surface area (Å²) >= 11 is 0. The minimum absolute atomic E-state index is 0.105. The molecular formula is C21H25F3N6O5S. The van der Waals surface area contributed by atoms with E-state index in [1.165, 1.54) is 18.3 Å². The van der Waals surface area contributed by atoms with Crippen molar-refractivity contribution >= 4 is 33.9 Å². The number of nitrogens with zero attached hydrogens (tertiary/aromatic N) is 2. The average Bonchev–Trinajstić information content (AvgIpc) is 2.77. The summed E-state index contributed by atoms with van der Waals surface area (Å²) in [7, 11) is -4.27. The van der Waals surface area contributed by atoms with E-state index in [9.17, 15) is 36.0 Å². The first kappa shape index (κ1) is 28.4. The van der Waals surface area contributed by atoms with E-state index in [0.29, 0.717) is 18.8 Å². The third kappa shape index (κ3) is 9.05. The number of alkyl halides is 3. The molecule has 11 nitrogen and oxygen atoms in total. The van der Waals surface area contributed by atoms with Gasteiger partial charge in [0.2, 0.25) is 15.9 Å². The van der Waals surface area contributed by atoms with Crippen LogP contribution in [0, 0.1) is 0 Å². The van der Waals surface area contributed by atoms with Crippen LogP contribution in [-0.4, -0.2) is 43.7 Å². The predicted molar refractivity (Wildman–Crippen MR) is 126 cm³/mol. The van der Waals surface area contributed by atoms with E-state index in [1.807, 2.05) is 4.72 Å². The highest BCUT2D eigenvalue weighted by Crippen LogP contribution is 2.29. The number of carbonyl (C=O) groups is 2. The maximum absolute atomic E-state index is 12.9. The van der Waals surface area contributed by atoms with Gasteiger partial charge in [-0.1, -0.05) is 18.2 Å². The van der Waals surface area contributed by atoms with Gasteiger partial charge in [-0.15, -0.1) is 0 Å². The van der Waals surface area contributed by atoms with Crippen LogP contribution in [0.15, 0.2) is 52.4 Å². The van der Waals surface area contributed by atoms with Crippen molar-refractivity contribution in [2.45, 2.75) is 37.4 Å². The molecule has 0 bridgehead atoms. The first-order valence-corrected chi connectivity index (χ1v) is 12.1. The molecule has 1 atom stereocenters. The molecule has 0 radical (unpaired) electrons. The summed E-state index contributed by atoms with van der Waals surface area (Å²) in [6.45, 7) is -0.259. The fourth-order valence-corrected chi connectivity index (χ4v) is 4.28. The summed E-state index contributed by atoms with van der Waals surface area (Å²) in [4.78, 5) is 39.9. The number of sulfonamides is 1. The van der Waals surface area contributed by atoms with Gasteiger partial charge < -0.3 is 26.1 Å². The largest absolute Gasteiger partial charge is 0.416 e.